The smallest absolute Gasteiger partial charge is 0.231 e. The number of hydrogen-bond acceptors (Lipinski definition) is 4. The molecule has 0 radical (unpaired) electrons. The number of aromatic amines is 1. The molecular formula is C21H18ClF3N6O. The van der Waals surface area contributed by atoms with Crippen molar-refractivity contribution in [3.63, 3.8) is 0 Å². The number of anilines is 1. The number of carbonyl (C=O) groups excluding carboxylic acids is 1. The van der Waals surface area contributed by atoms with Crippen molar-refractivity contribution in [3.8, 4) is 11.3 Å². The number of rotatable bonds is 5. The molecule has 3 unspecified atom stereocenters. The summed E-state index contributed by atoms with van der Waals surface area (Å²) in [5.41, 5.74) is 1.03. The Labute approximate surface area is 185 Å². The van der Waals surface area contributed by atoms with Gasteiger partial charge in [0.1, 0.15) is 12.3 Å². The van der Waals surface area contributed by atoms with Gasteiger partial charge in [0.15, 0.2) is 17.3 Å². The van der Waals surface area contributed by atoms with Gasteiger partial charge in [-0.15, -0.1) is 0 Å². The van der Waals surface area contributed by atoms with Crippen molar-refractivity contribution >= 4 is 39.9 Å². The molecule has 1 amide bonds. The van der Waals surface area contributed by atoms with Crippen LogP contribution in [0.1, 0.15) is 32.0 Å². The molecule has 1 aliphatic carbocycles. The van der Waals surface area contributed by atoms with E-state index < -0.39 is 35.9 Å². The molecule has 11 heteroatoms. The number of benzene rings is 1. The van der Waals surface area contributed by atoms with Gasteiger partial charge in [-0.1, -0.05) is 25.4 Å². The fourth-order valence-electron chi connectivity index (χ4n) is 3.72. The predicted molar refractivity (Wildman–Crippen MR) is 113 cm³/mol. The van der Waals surface area contributed by atoms with Crippen molar-refractivity contribution in [3.05, 3.63) is 41.2 Å². The third kappa shape index (κ3) is 3.29. The Morgan fingerprint density at radius 1 is 1.34 bits per heavy atom. The summed E-state index contributed by atoms with van der Waals surface area (Å²) in [5.74, 6) is -2.17. The van der Waals surface area contributed by atoms with Gasteiger partial charge in [0.05, 0.1) is 40.7 Å². The first-order valence-corrected chi connectivity index (χ1v) is 10.4. The average Bonchev–Trinajstić information content (AvgIpc) is 3.11. The highest BCUT2D eigenvalue weighted by Gasteiger charge is 2.43. The highest BCUT2D eigenvalue weighted by atomic mass is 35.5. The molecule has 4 aromatic rings. The number of nitrogens with one attached hydrogen (secondary N) is 2. The lowest BCUT2D eigenvalue weighted by molar-refractivity contribution is -0.117. The Balaban J connectivity index is 1.58. The van der Waals surface area contributed by atoms with Crippen molar-refractivity contribution < 1.29 is 18.0 Å². The lowest BCUT2D eigenvalue weighted by Crippen LogP contribution is -2.15. The number of aromatic nitrogens is 5. The number of amides is 1. The Morgan fingerprint density at radius 3 is 2.78 bits per heavy atom. The minimum atomic E-state index is -1.57. The molecule has 166 valence electrons. The summed E-state index contributed by atoms with van der Waals surface area (Å²) >= 11 is 6.36. The largest absolute Gasteiger partial charge is 0.309 e. The molecule has 3 aromatic heterocycles. The van der Waals surface area contributed by atoms with Gasteiger partial charge in [-0.2, -0.15) is 5.10 Å². The average molecular weight is 463 g/mol. The third-order valence-electron chi connectivity index (χ3n) is 5.59. The van der Waals surface area contributed by atoms with Crippen molar-refractivity contribution in [2.75, 3.05) is 5.32 Å². The maximum atomic E-state index is 15.2. The zero-order chi connectivity index (χ0) is 22.7. The molecule has 3 atom stereocenters. The summed E-state index contributed by atoms with van der Waals surface area (Å²) in [7, 11) is 0. The molecule has 1 aliphatic rings. The lowest BCUT2D eigenvalue weighted by atomic mass is 9.95. The summed E-state index contributed by atoms with van der Waals surface area (Å²) in [4.78, 5) is 20.5. The van der Waals surface area contributed by atoms with E-state index in [1.807, 2.05) is 0 Å². The standard InChI is InChI=1S/C21H18ClF3N6O/c1-8(2)18(24)16-19(25)17(22)15(10-4-27-30-20(10)16)12-6-31-7-13(28-14(31)5-26-12)29-21(32)9-3-11(9)23/h4-9,11,18H,3H2,1-2H3,(H,27,30)(H,29,32). The first kappa shape index (κ1) is 20.7. The topological polar surface area (TPSA) is 88.0 Å². The SMILES string of the molecule is CC(C)C(F)c1c(F)c(Cl)c(-c2cn3cc(NC(=O)C4CC4F)nc3cn2)c2cn[nH]c12. The molecule has 0 aliphatic heterocycles. The first-order chi connectivity index (χ1) is 15.3. The molecule has 32 heavy (non-hydrogen) atoms. The lowest BCUT2D eigenvalue weighted by Gasteiger charge is -2.17. The van der Waals surface area contributed by atoms with Gasteiger partial charge in [-0.25, -0.2) is 18.2 Å². The summed E-state index contributed by atoms with van der Waals surface area (Å²) in [6.45, 7) is 3.30. The van der Waals surface area contributed by atoms with E-state index in [0.717, 1.165) is 0 Å². The van der Waals surface area contributed by atoms with Crippen LogP contribution in [-0.2, 0) is 4.79 Å². The van der Waals surface area contributed by atoms with Crippen LogP contribution < -0.4 is 5.32 Å². The van der Waals surface area contributed by atoms with Crippen LogP contribution in [0.3, 0.4) is 0 Å². The molecule has 5 rings (SSSR count). The second-order valence-electron chi connectivity index (χ2n) is 8.23. The monoisotopic (exact) mass is 462 g/mol. The van der Waals surface area contributed by atoms with Gasteiger partial charge in [0.2, 0.25) is 5.91 Å². The normalized spacial score (nSPS) is 19.1. The zero-order valence-electron chi connectivity index (χ0n) is 17.0. The molecule has 1 fully saturated rings. The molecule has 0 bridgehead atoms. The maximum absolute atomic E-state index is 15.2. The number of nitrogens with zero attached hydrogens (tertiary/aromatic N) is 4. The molecule has 0 saturated heterocycles. The summed E-state index contributed by atoms with van der Waals surface area (Å²) in [6, 6.07) is 0. The van der Waals surface area contributed by atoms with Crippen LogP contribution in [-0.4, -0.2) is 36.6 Å². The van der Waals surface area contributed by atoms with E-state index in [9.17, 15) is 13.6 Å². The fourth-order valence-corrected chi connectivity index (χ4v) is 4.02. The predicted octanol–water partition coefficient (Wildman–Crippen LogP) is 5.03. The summed E-state index contributed by atoms with van der Waals surface area (Å²) in [5, 5.41) is 9.37. The van der Waals surface area contributed by atoms with Crippen LogP contribution in [0, 0.1) is 17.7 Å². The number of alkyl halides is 2. The number of H-pyrrole nitrogens is 1. The number of imidazole rings is 1. The van der Waals surface area contributed by atoms with E-state index in [1.165, 1.54) is 18.6 Å². The highest BCUT2D eigenvalue weighted by molar-refractivity contribution is 6.35. The first-order valence-electron chi connectivity index (χ1n) is 10.0. The second kappa shape index (κ2) is 7.47. The minimum absolute atomic E-state index is 0.166. The van der Waals surface area contributed by atoms with Crippen LogP contribution in [0.15, 0.2) is 24.8 Å². The van der Waals surface area contributed by atoms with E-state index in [2.05, 4.69) is 25.5 Å². The Kier molecular flexibility index (Phi) is 4.85. The number of halogens is 4. The Morgan fingerprint density at radius 2 is 2.09 bits per heavy atom. The highest BCUT2D eigenvalue weighted by Crippen LogP contribution is 2.42. The van der Waals surface area contributed by atoms with E-state index in [1.54, 1.807) is 24.4 Å². The summed E-state index contributed by atoms with van der Waals surface area (Å²) in [6.07, 6.45) is 3.50. The molecule has 0 spiro atoms. The van der Waals surface area contributed by atoms with Crippen LogP contribution in [0.5, 0.6) is 0 Å². The quantitative estimate of drug-likeness (QED) is 0.435. The Hall–Kier alpha value is -3.14. The van der Waals surface area contributed by atoms with Gasteiger partial charge >= 0.3 is 0 Å². The summed E-state index contributed by atoms with van der Waals surface area (Å²) < 4.78 is 44.7. The van der Waals surface area contributed by atoms with E-state index in [4.69, 9.17) is 11.6 Å². The fraction of sp³-hybridized carbons (Fsp3) is 0.333. The van der Waals surface area contributed by atoms with Gasteiger partial charge in [-0.3, -0.25) is 14.9 Å². The Bertz CT molecular complexity index is 1370. The molecular weight excluding hydrogens is 445 g/mol. The third-order valence-corrected chi connectivity index (χ3v) is 5.94. The maximum Gasteiger partial charge on any atom is 0.231 e. The van der Waals surface area contributed by atoms with Crippen LogP contribution in [0.2, 0.25) is 5.02 Å². The van der Waals surface area contributed by atoms with Gasteiger partial charge in [0, 0.05) is 22.7 Å². The molecule has 1 aromatic carbocycles. The van der Waals surface area contributed by atoms with Crippen molar-refractivity contribution in [2.45, 2.75) is 32.6 Å². The van der Waals surface area contributed by atoms with Crippen molar-refractivity contribution in [1.29, 1.82) is 0 Å². The van der Waals surface area contributed by atoms with Gasteiger partial charge in [-0.05, 0) is 12.3 Å². The second-order valence-corrected chi connectivity index (χ2v) is 8.61. The van der Waals surface area contributed by atoms with E-state index >= 15 is 4.39 Å². The molecule has 1 saturated carbocycles. The van der Waals surface area contributed by atoms with Crippen molar-refractivity contribution in [2.24, 2.45) is 11.8 Å². The van der Waals surface area contributed by atoms with Crippen LogP contribution in [0.25, 0.3) is 27.8 Å². The number of hydrogen-bond donors (Lipinski definition) is 2. The van der Waals surface area contributed by atoms with Crippen LogP contribution >= 0.6 is 11.6 Å². The van der Waals surface area contributed by atoms with E-state index in [-0.39, 0.29) is 33.9 Å². The molecule has 3 heterocycles. The molecule has 2 N–H and O–H groups in total. The van der Waals surface area contributed by atoms with Gasteiger partial charge < -0.3 is 9.72 Å². The molecule has 7 nitrogen and oxygen atoms in total. The minimum Gasteiger partial charge on any atom is -0.309 e. The van der Waals surface area contributed by atoms with Crippen LogP contribution in [0.4, 0.5) is 19.0 Å². The number of fused-ring (bicyclic) bond motifs is 2. The zero-order valence-corrected chi connectivity index (χ0v) is 17.8. The van der Waals surface area contributed by atoms with Crippen molar-refractivity contribution in [1.82, 2.24) is 24.6 Å². The number of carbonyl (C=O) groups is 1. The van der Waals surface area contributed by atoms with E-state index in [0.29, 0.717) is 16.7 Å². The van der Waals surface area contributed by atoms with Gasteiger partial charge in [0.25, 0.3) is 0 Å².